The molecule has 4 rings (SSSR count). The molecule has 0 saturated heterocycles. The fourth-order valence-corrected chi connectivity index (χ4v) is 3.78. The summed E-state index contributed by atoms with van der Waals surface area (Å²) in [5.74, 6) is 2.27. The summed E-state index contributed by atoms with van der Waals surface area (Å²) in [6.45, 7) is 5.56. The van der Waals surface area contributed by atoms with Crippen molar-refractivity contribution in [2.45, 2.75) is 26.9 Å². The third-order valence-electron chi connectivity index (χ3n) is 5.46. The summed E-state index contributed by atoms with van der Waals surface area (Å²) in [5.41, 5.74) is 4.73. The Kier molecular flexibility index (Phi) is 6.40. The Morgan fingerprint density at radius 2 is 1.69 bits per heavy atom. The van der Waals surface area contributed by atoms with Crippen molar-refractivity contribution in [3.05, 3.63) is 89.2 Å². The van der Waals surface area contributed by atoms with Crippen molar-refractivity contribution in [2.75, 3.05) is 13.7 Å². The molecule has 4 aromatic rings. The number of benzene rings is 3. The van der Waals surface area contributed by atoms with Crippen LogP contribution in [0.4, 0.5) is 0 Å². The lowest BCUT2D eigenvalue weighted by Crippen LogP contribution is -2.25. The lowest BCUT2D eigenvalue weighted by Gasteiger charge is -2.14. The minimum absolute atomic E-state index is 0.155. The fraction of sp³-hybridized carbons (Fsp3) is 0.231. The van der Waals surface area contributed by atoms with Crippen LogP contribution in [0.25, 0.3) is 11.0 Å². The Labute approximate surface area is 187 Å². The molecule has 0 bridgehead atoms. The number of fused-ring (bicyclic) bond motifs is 1. The molecule has 0 aliphatic carbocycles. The van der Waals surface area contributed by atoms with Crippen molar-refractivity contribution in [1.82, 2.24) is 14.9 Å². The summed E-state index contributed by atoms with van der Waals surface area (Å²) < 4.78 is 13.4. The highest BCUT2D eigenvalue weighted by Gasteiger charge is 2.13. The smallest absolute Gasteiger partial charge is 0.251 e. The van der Waals surface area contributed by atoms with E-state index < -0.39 is 0 Å². The monoisotopic (exact) mass is 429 g/mol. The van der Waals surface area contributed by atoms with Gasteiger partial charge in [0, 0.05) is 5.56 Å². The summed E-state index contributed by atoms with van der Waals surface area (Å²) >= 11 is 0. The normalized spacial score (nSPS) is 10.8. The Hall–Kier alpha value is -3.80. The van der Waals surface area contributed by atoms with Crippen LogP contribution in [-0.2, 0) is 13.1 Å². The summed E-state index contributed by atoms with van der Waals surface area (Å²) in [4.78, 5) is 17.3. The van der Waals surface area contributed by atoms with E-state index in [1.807, 2.05) is 30.3 Å². The van der Waals surface area contributed by atoms with Crippen LogP contribution in [0.5, 0.6) is 11.5 Å². The van der Waals surface area contributed by atoms with Crippen LogP contribution >= 0.6 is 0 Å². The van der Waals surface area contributed by atoms with Crippen LogP contribution in [0, 0.1) is 13.8 Å². The number of amides is 1. The van der Waals surface area contributed by atoms with E-state index in [-0.39, 0.29) is 5.91 Å². The quantitative estimate of drug-likeness (QED) is 0.442. The average molecular weight is 430 g/mol. The summed E-state index contributed by atoms with van der Waals surface area (Å²) in [5, 5.41) is 2.98. The van der Waals surface area contributed by atoms with E-state index in [2.05, 4.69) is 35.9 Å². The number of carbonyl (C=O) groups excluding carboxylic acids is 1. The lowest BCUT2D eigenvalue weighted by atomic mass is 10.1. The molecule has 6 nitrogen and oxygen atoms in total. The molecule has 1 heterocycles. The summed E-state index contributed by atoms with van der Waals surface area (Å²) in [7, 11) is 1.60. The fourth-order valence-electron chi connectivity index (χ4n) is 3.78. The van der Waals surface area contributed by atoms with Gasteiger partial charge in [-0.15, -0.1) is 0 Å². The standard InChI is InChI=1S/C26H27N3O3/c1-18-7-6-8-19(2)25(18)32-16-15-29-23-10-5-4-9-22(23)28-24(29)17-27-26(30)20-11-13-21(31-3)14-12-20/h4-14H,15-17H2,1-3H3,(H,27,30). The molecule has 0 aliphatic heterocycles. The zero-order valence-electron chi connectivity index (χ0n) is 18.6. The first-order chi connectivity index (χ1) is 15.6. The molecule has 1 amide bonds. The first-order valence-electron chi connectivity index (χ1n) is 10.6. The van der Waals surface area contributed by atoms with Gasteiger partial charge in [-0.3, -0.25) is 4.79 Å². The zero-order valence-corrected chi connectivity index (χ0v) is 18.6. The van der Waals surface area contributed by atoms with Crippen molar-refractivity contribution >= 4 is 16.9 Å². The number of methoxy groups -OCH3 is 1. The van der Waals surface area contributed by atoms with Gasteiger partial charge in [0.2, 0.25) is 0 Å². The largest absolute Gasteiger partial charge is 0.497 e. The second-order valence-electron chi connectivity index (χ2n) is 7.65. The molecule has 32 heavy (non-hydrogen) atoms. The molecule has 0 saturated carbocycles. The van der Waals surface area contributed by atoms with E-state index in [4.69, 9.17) is 14.5 Å². The van der Waals surface area contributed by atoms with Crippen molar-refractivity contribution in [1.29, 1.82) is 0 Å². The molecule has 0 spiro atoms. The van der Waals surface area contributed by atoms with E-state index in [9.17, 15) is 4.79 Å². The summed E-state index contributed by atoms with van der Waals surface area (Å²) in [6.07, 6.45) is 0. The first-order valence-corrected chi connectivity index (χ1v) is 10.6. The maximum atomic E-state index is 12.6. The molecule has 0 aliphatic rings. The molecule has 1 N–H and O–H groups in total. The van der Waals surface area contributed by atoms with Crippen LogP contribution < -0.4 is 14.8 Å². The molecular weight excluding hydrogens is 402 g/mol. The van der Waals surface area contributed by atoms with Gasteiger partial charge in [0.05, 0.1) is 31.2 Å². The van der Waals surface area contributed by atoms with Gasteiger partial charge in [0.25, 0.3) is 5.91 Å². The Balaban J connectivity index is 1.49. The van der Waals surface area contributed by atoms with Crippen molar-refractivity contribution < 1.29 is 14.3 Å². The first kappa shape index (κ1) is 21.4. The average Bonchev–Trinajstić information content (AvgIpc) is 3.17. The second-order valence-corrected chi connectivity index (χ2v) is 7.65. The number of imidazole rings is 1. The number of rotatable bonds is 8. The number of ether oxygens (including phenoxy) is 2. The Morgan fingerprint density at radius 3 is 2.41 bits per heavy atom. The van der Waals surface area contributed by atoms with Gasteiger partial charge in [-0.25, -0.2) is 4.98 Å². The van der Waals surface area contributed by atoms with Gasteiger partial charge < -0.3 is 19.4 Å². The molecule has 0 atom stereocenters. The highest BCUT2D eigenvalue weighted by atomic mass is 16.5. The number of carbonyl (C=O) groups is 1. The van der Waals surface area contributed by atoms with Crippen LogP contribution in [0.2, 0.25) is 0 Å². The van der Waals surface area contributed by atoms with Gasteiger partial charge in [-0.1, -0.05) is 30.3 Å². The van der Waals surface area contributed by atoms with E-state index in [1.54, 1.807) is 31.4 Å². The third-order valence-corrected chi connectivity index (χ3v) is 5.46. The van der Waals surface area contributed by atoms with Crippen LogP contribution in [0.1, 0.15) is 27.3 Å². The van der Waals surface area contributed by atoms with E-state index in [0.717, 1.165) is 33.7 Å². The van der Waals surface area contributed by atoms with Gasteiger partial charge in [-0.05, 0) is 61.4 Å². The lowest BCUT2D eigenvalue weighted by molar-refractivity contribution is 0.0949. The molecule has 164 valence electrons. The molecule has 6 heteroatoms. The molecule has 0 fully saturated rings. The number of hydrogen-bond acceptors (Lipinski definition) is 4. The molecule has 3 aromatic carbocycles. The third kappa shape index (κ3) is 4.59. The highest BCUT2D eigenvalue weighted by Crippen LogP contribution is 2.23. The minimum Gasteiger partial charge on any atom is -0.497 e. The number of aryl methyl sites for hydroxylation is 2. The number of nitrogens with zero attached hydrogens (tertiary/aromatic N) is 2. The SMILES string of the molecule is COc1ccc(C(=O)NCc2nc3ccccc3n2CCOc2c(C)cccc2C)cc1. The number of para-hydroxylation sites is 3. The predicted molar refractivity (Wildman–Crippen MR) is 125 cm³/mol. The Bertz CT molecular complexity index is 1210. The van der Waals surface area contributed by atoms with E-state index in [1.165, 1.54) is 0 Å². The van der Waals surface area contributed by atoms with E-state index in [0.29, 0.717) is 31.0 Å². The maximum absolute atomic E-state index is 12.6. The molecule has 0 unspecified atom stereocenters. The zero-order chi connectivity index (χ0) is 22.5. The number of nitrogens with one attached hydrogen (secondary N) is 1. The molecule has 1 aromatic heterocycles. The number of aromatic nitrogens is 2. The van der Waals surface area contributed by atoms with Crippen molar-refractivity contribution in [3.63, 3.8) is 0 Å². The van der Waals surface area contributed by atoms with Crippen LogP contribution in [0.15, 0.2) is 66.7 Å². The van der Waals surface area contributed by atoms with Crippen molar-refractivity contribution in [3.8, 4) is 11.5 Å². The van der Waals surface area contributed by atoms with Gasteiger partial charge >= 0.3 is 0 Å². The minimum atomic E-state index is -0.155. The number of hydrogen-bond donors (Lipinski definition) is 1. The maximum Gasteiger partial charge on any atom is 0.251 e. The van der Waals surface area contributed by atoms with Gasteiger partial charge in [-0.2, -0.15) is 0 Å². The van der Waals surface area contributed by atoms with Gasteiger partial charge in [0.15, 0.2) is 0 Å². The predicted octanol–water partition coefficient (Wildman–Crippen LogP) is 4.67. The Morgan fingerprint density at radius 1 is 0.969 bits per heavy atom. The van der Waals surface area contributed by atoms with E-state index >= 15 is 0 Å². The second kappa shape index (κ2) is 9.56. The molecular formula is C26H27N3O3. The van der Waals surface area contributed by atoms with Crippen LogP contribution in [-0.4, -0.2) is 29.2 Å². The topological polar surface area (TPSA) is 65.4 Å². The molecule has 0 radical (unpaired) electrons. The van der Waals surface area contributed by atoms with Crippen LogP contribution in [0.3, 0.4) is 0 Å². The van der Waals surface area contributed by atoms with Crippen molar-refractivity contribution in [2.24, 2.45) is 0 Å². The highest BCUT2D eigenvalue weighted by molar-refractivity contribution is 5.94. The summed E-state index contributed by atoms with van der Waals surface area (Å²) in [6, 6.07) is 21.1. The van der Waals surface area contributed by atoms with Gasteiger partial charge in [0.1, 0.15) is 23.9 Å².